The molecule has 2 aliphatic rings. The molecule has 21 heavy (non-hydrogen) atoms. The fourth-order valence-corrected chi connectivity index (χ4v) is 2.82. The molecule has 2 amide bonds. The molecule has 0 radical (unpaired) electrons. The van der Waals surface area contributed by atoms with Gasteiger partial charge in [-0.05, 0) is 12.8 Å². The van der Waals surface area contributed by atoms with Crippen molar-refractivity contribution in [1.82, 2.24) is 5.06 Å². The van der Waals surface area contributed by atoms with Crippen molar-refractivity contribution < 1.29 is 24.0 Å². The van der Waals surface area contributed by atoms with Gasteiger partial charge < -0.3 is 4.74 Å². The van der Waals surface area contributed by atoms with Crippen LogP contribution in [0.1, 0.15) is 46.0 Å². The first kappa shape index (κ1) is 15.7. The Morgan fingerprint density at radius 3 is 2.29 bits per heavy atom. The molecule has 0 spiro atoms. The van der Waals surface area contributed by atoms with Crippen LogP contribution in [-0.4, -0.2) is 28.6 Å². The van der Waals surface area contributed by atoms with Crippen molar-refractivity contribution in [3.63, 3.8) is 0 Å². The van der Waals surface area contributed by atoms with Crippen LogP contribution in [0.4, 0.5) is 0 Å². The van der Waals surface area contributed by atoms with Gasteiger partial charge in [0, 0.05) is 19.4 Å². The van der Waals surface area contributed by atoms with Crippen molar-refractivity contribution >= 4 is 17.8 Å². The van der Waals surface area contributed by atoms with Crippen LogP contribution >= 0.6 is 0 Å². The lowest BCUT2D eigenvalue weighted by molar-refractivity contribution is -0.301. The number of hydroxylamine groups is 2. The third-order valence-corrected chi connectivity index (χ3v) is 4.21. The number of fused-ring (bicyclic) bond motifs is 1. The molecule has 0 N–H and O–H groups in total. The van der Waals surface area contributed by atoms with Gasteiger partial charge in [-0.2, -0.15) is 0 Å². The molecule has 3 atom stereocenters. The van der Waals surface area contributed by atoms with Crippen LogP contribution in [-0.2, 0) is 24.0 Å². The molecule has 2 rings (SSSR count). The number of rotatable bonds is 5. The van der Waals surface area contributed by atoms with E-state index in [1.165, 1.54) is 6.92 Å². The maximum Gasteiger partial charge on any atom is 0.332 e. The van der Waals surface area contributed by atoms with Crippen molar-refractivity contribution in [2.75, 3.05) is 0 Å². The van der Waals surface area contributed by atoms with Gasteiger partial charge in [0.15, 0.2) is 0 Å². The summed E-state index contributed by atoms with van der Waals surface area (Å²) in [6, 6.07) is 0. The van der Waals surface area contributed by atoms with Crippen LogP contribution in [0.3, 0.4) is 0 Å². The van der Waals surface area contributed by atoms with Crippen molar-refractivity contribution in [3.05, 3.63) is 12.7 Å². The zero-order valence-corrected chi connectivity index (χ0v) is 12.5. The number of ether oxygens (including phenoxy) is 1. The standard InChI is InChI=1S/C15H21NO5/c1-4-12(17)20-15(3,5-2)21-16-13(18)10-8-6-7-9-11(10)14(16)19/h4,10-11H,1,5-9H2,2-3H3. The maximum absolute atomic E-state index is 12.3. The molecule has 1 heterocycles. The van der Waals surface area contributed by atoms with Crippen LogP contribution in [0, 0.1) is 11.8 Å². The Morgan fingerprint density at radius 1 is 1.33 bits per heavy atom. The molecule has 116 valence electrons. The number of hydrogen-bond acceptors (Lipinski definition) is 5. The fourth-order valence-electron chi connectivity index (χ4n) is 2.82. The summed E-state index contributed by atoms with van der Waals surface area (Å²) < 4.78 is 5.12. The van der Waals surface area contributed by atoms with Crippen LogP contribution in [0.5, 0.6) is 0 Å². The number of esters is 1. The van der Waals surface area contributed by atoms with Crippen LogP contribution in [0.2, 0.25) is 0 Å². The van der Waals surface area contributed by atoms with Crippen molar-refractivity contribution in [3.8, 4) is 0 Å². The molecule has 1 aliphatic heterocycles. The van der Waals surface area contributed by atoms with E-state index in [1.54, 1.807) is 6.92 Å². The average molecular weight is 295 g/mol. The van der Waals surface area contributed by atoms with Gasteiger partial charge in [-0.25, -0.2) is 9.63 Å². The number of imide groups is 1. The smallest absolute Gasteiger partial charge is 0.332 e. The van der Waals surface area contributed by atoms with Gasteiger partial charge >= 0.3 is 5.97 Å². The third-order valence-electron chi connectivity index (χ3n) is 4.21. The van der Waals surface area contributed by atoms with Gasteiger partial charge in [-0.15, -0.1) is 5.06 Å². The largest absolute Gasteiger partial charge is 0.428 e. The molecule has 0 aromatic heterocycles. The molecule has 0 bridgehead atoms. The van der Waals surface area contributed by atoms with Crippen LogP contribution < -0.4 is 0 Å². The SMILES string of the molecule is C=CC(=O)OC(C)(CC)ON1C(=O)C2CCCCC2C1=O. The number of hydrogen-bond donors (Lipinski definition) is 0. The van der Waals surface area contributed by atoms with E-state index in [9.17, 15) is 14.4 Å². The van der Waals surface area contributed by atoms with E-state index in [4.69, 9.17) is 9.57 Å². The second-order valence-electron chi connectivity index (χ2n) is 5.67. The predicted octanol–water partition coefficient (Wildman–Crippen LogP) is 1.95. The highest BCUT2D eigenvalue weighted by Crippen LogP contribution is 2.39. The Hall–Kier alpha value is -1.69. The van der Waals surface area contributed by atoms with Crippen molar-refractivity contribution in [1.29, 1.82) is 0 Å². The summed E-state index contributed by atoms with van der Waals surface area (Å²) in [6.07, 6.45) is 4.65. The Balaban J connectivity index is 2.13. The minimum atomic E-state index is -1.36. The quantitative estimate of drug-likeness (QED) is 0.335. The van der Waals surface area contributed by atoms with E-state index in [0.29, 0.717) is 19.3 Å². The summed E-state index contributed by atoms with van der Waals surface area (Å²) in [5.41, 5.74) is 0. The Labute approximate surface area is 124 Å². The van der Waals surface area contributed by atoms with Gasteiger partial charge in [0.2, 0.25) is 5.79 Å². The highest BCUT2D eigenvalue weighted by Gasteiger charge is 2.51. The Kier molecular flexibility index (Phi) is 4.46. The number of nitrogens with zero attached hydrogens (tertiary/aromatic N) is 1. The second-order valence-corrected chi connectivity index (χ2v) is 5.67. The summed E-state index contributed by atoms with van der Waals surface area (Å²) in [5, 5.41) is 0.806. The molecule has 1 saturated heterocycles. The zero-order chi connectivity index (χ0) is 15.6. The second kappa shape index (κ2) is 5.97. The maximum atomic E-state index is 12.3. The summed E-state index contributed by atoms with van der Waals surface area (Å²) in [7, 11) is 0. The van der Waals surface area contributed by atoms with E-state index >= 15 is 0 Å². The first-order valence-corrected chi connectivity index (χ1v) is 7.34. The molecule has 6 heteroatoms. The van der Waals surface area contributed by atoms with E-state index in [0.717, 1.165) is 24.0 Å². The Bertz CT molecular complexity index is 451. The summed E-state index contributed by atoms with van der Waals surface area (Å²) in [5.74, 6) is -3.23. The third kappa shape index (κ3) is 3.00. The first-order valence-electron chi connectivity index (χ1n) is 7.34. The minimum Gasteiger partial charge on any atom is -0.428 e. The van der Waals surface area contributed by atoms with Gasteiger partial charge in [0.1, 0.15) is 0 Å². The van der Waals surface area contributed by atoms with Gasteiger partial charge in [0.25, 0.3) is 11.8 Å². The van der Waals surface area contributed by atoms with Gasteiger partial charge in [-0.1, -0.05) is 26.3 Å². The van der Waals surface area contributed by atoms with Crippen LogP contribution in [0.25, 0.3) is 0 Å². The first-order chi connectivity index (χ1) is 9.91. The van der Waals surface area contributed by atoms with Crippen molar-refractivity contribution in [2.24, 2.45) is 11.8 Å². The van der Waals surface area contributed by atoms with Gasteiger partial charge in [-0.3, -0.25) is 9.59 Å². The molecule has 0 aromatic rings. The molecule has 6 nitrogen and oxygen atoms in total. The molecular weight excluding hydrogens is 274 g/mol. The van der Waals surface area contributed by atoms with E-state index < -0.39 is 11.8 Å². The summed E-state index contributed by atoms with van der Waals surface area (Å²) in [6.45, 7) is 6.59. The molecular formula is C15H21NO5. The summed E-state index contributed by atoms with van der Waals surface area (Å²) in [4.78, 5) is 41.5. The lowest BCUT2D eigenvalue weighted by Crippen LogP contribution is -2.44. The average Bonchev–Trinajstić information content (AvgIpc) is 2.72. The van der Waals surface area contributed by atoms with Crippen LogP contribution in [0.15, 0.2) is 12.7 Å². The van der Waals surface area contributed by atoms with Crippen molar-refractivity contribution in [2.45, 2.75) is 51.7 Å². The topological polar surface area (TPSA) is 72.9 Å². The molecule has 1 aliphatic carbocycles. The number of carbonyl (C=O) groups excluding carboxylic acids is 3. The highest BCUT2D eigenvalue weighted by molar-refractivity contribution is 6.04. The summed E-state index contributed by atoms with van der Waals surface area (Å²) >= 11 is 0. The molecule has 2 fully saturated rings. The monoisotopic (exact) mass is 295 g/mol. The lowest BCUT2D eigenvalue weighted by atomic mass is 9.81. The molecule has 3 unspecified atom stereocenters. The highest BCUT2D eigenvalue weighted by atomic mass is 16.8. The lowest BCUT2D eigenvalue weighted by Gasteiger charge is -2.30. The van der Waals surface area contributed by atoms with E-state index in [1.807, 2.05) is 0 Å². The minimum absolute atomic E-state index is 0.289. The predicted molar refractivity (Wildman–Crippen MR) is 73.4 cm³/mol. The number of amides is 2. The molecule has 1 saturated carbocycles. The van der Waals surface area contributed by atoms with E-state index in [-0.39, 0.29) is 23.7 Å². The van der Waals surface area contributed by atoms with E-state index in [2.05, 4.69) is 6.58 Å². The zero-order valence-electron chi connectivity index (χ0n) is 12.5. The normalized spacial score (nSPS) is 28.0. The Morgan fingerprint density at radius 2 is 1.86 bits per heavy atom. The number of carbonyl (C=O) groups is 3. The fraction of sp³-hybridized carbons (Fsp3) is 0.667. The van der Waals surface area contributed by atoms with Gasteiger partial charge in [0.05, 0.1) is 11.8 Å². The molecule has 0 aromatic carbocycles.